The van der Waals surface area contributed by atoms with Crippen LogP contribution in [0.2, 0.25) is 0 Å². The summed E-state index contributed by atoms with van der Waals surface area (Å²) in [5.41, 5.74) is 5.80. The van der Waals surface area contributed by atoms with Crippen LogP contribution in [-0.2, 0) is 11.2 Å². The van der Waals surface area contributed by atoms with Crippen LogP contribution in [0.1, 0.15) is 41.6 Å². The van der Waals surface area contributed by atoms with Crippen LogP contribution in [0, 0.1) is 0 Å². The van der Waals surface area contributed by atoms with Gasteiger partial charge in [-0.2, -0.15) is 0 Å². The summed E-state index contributed by atoms with van der Waals surface area (Å²) in [6, 6.07) is 21.2. The number of hydrogen-bond acceptors (Lipinski definition) is 6. The van der Waals surface area contributed by atoms with E-state index >= 15 is 0 Å². The molecule has 3 aromatic carbocycles. The van der Waals surface area contributed by atoms with Gasteiger partial charge in [0, 0.05) is 28.1 Å². The molecule has 190 valence electrons. The number of carbonyl (C=O) groups excluding carboxylic acids is 1. The van der Waals surface area contributed by atoms with E-state index in [0.717, 1.165) is 45.5 Å². The van der Waals surface area contributed by atoms with Crippen LogP contribution in [0.5, 0.6) is 11.5 Å². The molecule has 0 N–H and O–H groups in total. The van der Waals surface area contributed by atoms with Crippen molar-refractivity contribution < 1.29 is 14.3 Å². The van der Waals surface area contributed by atoms with Crippen molar-refractivity contribution in [2.75, 3.05) is 7.11 Å². The second-order valence-electron chi connectivity index (χ2n) is 9.13. The molecular weight excluding hydrogens is 564 g/mol. The Bertz CT molecular complexity index is 1820. The highest BCUT2D eigenvalue weighted by molar-refractivity contribution is 9.10. The van der Waals surface area contributed by atoms with Gasteiger partial charge in [0.05, 0.1) is 23.4 Å². The number of allylic oxidation sites excluding steroid dienone is 1. The standard InChI is InChI=1S/C30H23BrN2O4S/c1-17(34)37-24-14-12-20(31)15-19(24)16-26-29(35)33-28(22-9-5-6-10-25(22)36-2)23-13-11-18-7-3-4-8-21(18)27(23)32-30(33)38-26/h3-10,12,14-16,28H,11,13H2,1-2H3/b26-16+/t28-/m1/s1. The minimum absolute atomic E-state index is 0.149. The monoisotopic (exact) mass is 586 g/mol. The summed E-state index contributed by atoms with van der Waals surface area (Å²) in [6.07, 6.45) is 3.44. The number of hydrogen-bond donors (Lipinski definition) is 0. The van der Waals surface area contributed by atoms with Gasteiger partial charge in [0.2, 0.25) is 0 Å². The van der Waals surface area contributed by atoms with E-state index in [1.807, 2.05) is 36.4 Å². The van der Waals surface area contributed by atoms with Gasteiger partial charge in [-0.3, -0.25) is 14.2 Å². The van der Waals surface area contributed by atoms with Crippen molar-refractivity contribution in [1.29, 1.82) is 0 Å². The number of ether oxygens (including phenoxy) is 2. The van der Waals surface area contributed by atoms with Gasteiger partial charge in [-0.05, 0) is 54.3 Å². The molecule has 38 heavy (non-hydrogen) atoms. The Balaban J connectivity index is 1.63. The first kappa shape index (κ1) is 24.6. The molecule has 2 aliphatic rings. The summed E-state index contributed by atoms with van der Waals surface area (Å²) in [5.74, 6) is 0.691. The molecule has 0 fully saturated rings. The zero-order valence-electron chi connectivity index (χ0n) is 20.7. The molecule has 1 atom stereocenters. The molecule has 0 amide bonds. The second kappa shape index (κ2) is 9.85. The highest BCUT2D eigenvalue weighted by Gasteiger charge is 2.34. The van der Waals surface area contributed by atoms with Gasteiger partial charge < -0.3 is 9.47 Å². The van der Waals surface area contributed by atoms with E-state index in [1.165, 1.54) is 23.8 Å². The lowest BCUT2D eigenvalue weighted by molar-refractivity contribution is -0.131. The molecule has 1 aliphatic carbocycles. The van der Waals surface area contributed by atoms with Gasteiger partial charge in [-0.15, -0.1) is 0 Å². The number of halogens is 1. The lowest BCUT2D eigenvalue weighted by Gasteiger charge is -2.31. The maximum Gasteiger partial charge on any atom is 0.308 e. The number of nitrogens with zero attached hydrogens (tertiary/aromatic N) is 2. The highest BCUT2D eigenvalue weighted by atomic mass is 79.9. The number of para-hydroxylation sites is 1. The Hall–Kier alpha value is -3.75. The van der Waals surface area contributed by atoms with Gasteiger partial charge in [-0.1, -0.05) is 69.7 Å². The van der Waals surface area contributed by atoms with Crippen LogP contribution in [0.25, 0.3) is 11.8 Å². The molecule has 0 unspecified atom stereocenters. The Kier molecular flexibility index (Phi) is 6.37. The SMILES string of the molecule is COc1ccccc1[C@@H]1C2=C(N=c3s/c(=C/c4cc(Br)ccc4OC(C)=O)c(=O)n31)c1ccccc1CC2. The van der Waals surface area contributed by atoms with Crippen molar-refractivity contribution in [3.63, 3.8) is 0 Å². The lowest BCUT2D eigenvalue weighted by Crippen LogP contribution is -2.39. The van der Waals surface area contributed by atoms with E-state index in [4.69, 9.17) is 14.5 Å². The number of aromatic nitrogens is 1. The molecule has 1 aromatic heterocycles. The fraction of sp³-hybridized carbons (Fsp3) is 0.167. The third kappa shape index (κ3) is 4.23. The van der Waals surface area contributed by atoms with E-state index < -0.39 is 5.97 Å². The Morgan fingerprint density at radius 2 is 1.87 bits per heavy atom. The minimum Gasteiger partial charge on any atom is -0.496 e. The van der Waals surface area contributed by atoms with E-state index in [9.17, 15) is 9.59 Å². The van der Waals surface area contributed by atoms with Crippen molar-refractivity contribution >= 4 is 45.0 Å². The van der Waals surface area contributed by atoms with Gasteiger partial charge in [0.15, 0.2) is 4.80 Å². The molecule has 1 aliphatic heterocycles. The van der Waals surface area contributed by atoms with E-state index in [-0.39, 0.29) is 11.6 Å². The zero-order chi connectivity index (χ0) is 26.4. The maximum atomic E-state index is 14.0. The molecule has 8 heteroatoms. The van der Waals surface area contributed by atoms with Crippen molar-refractivity contribution in [1.82, 2.24) is 4.57 Å². The normalized spacial score (nSPS) is 16.3. The first-order chi connectivity index (χ1) is 18.4. The third-order valence-electron chi connectivity index (χ3n) is 6.82. The molecule has 4 aromatic rings. The van der Waals surface area contributed by atoms with Crippen LogP contribution in [0.4, 0.5) is 0 Å². The summed E-state index contributed by atoms with van der Waals surface area (Å²) < 4.78 is 14.2. The molecule has 0 saturated heterocycles. The van der Waals surface area contributed by atoms with Crippen LogP contribution in [0.3, 0.4) is 0 Å². The summed E-state index contributed by atoms with van der Waals surface area (Å²) in [4.78, 5) is 31.4. The summed E-state index contributed by atoms with van der Waals surface area (Å²) in [6.45, 7) is 1.36. The zero-order valence-corrected chi connectivity index (χ0v) is 23.1. The number of carbonyl (C=O) groups is 1. The minimum atomic E-state index is -0.425. The number of methoxy groups -OCH3 is 1. The fourth-order valence-electron chi connectivity index (χ4n) is 5.21. The maximum absolute atomic E-state index is 14.0. The van der Waals surface area contributed by atoms with Crippen molar-refractivity contribution in [3.05, 3.63) is 119 Å². The molecule has 0 spiro atoms. The number of rotatable bonds is 4. The van der Waals surface area contributed by atoms with E-state index in [2.05, 4.69) is 34.1 Å². The molecule has 6 rings (SSSR count). The number of benzene rings is 3. The van der Waals surface area contributed by atoms with Gasteiger partial charge in [0.1, 0.15) is 11.5 Å². The molecule has 0 bridgehead atoms. The van der Waals surface area contributed by atoms with Crippen molar-refractivity contribution in [2.24, 2.45) is 4.99 Å². The molecule has 0 radical (unpaired) electrons. The lowest BCUT2D eigenvalue weighted by atomic mass is 9.83. The van der Waals surface area contributed by atoms with Crippen molar-refractivity contribution in [3.8, 4) is 11.5 Å². The highest BCUT2D eigenvalue weighted by Crippen LogP contribution is 2.43. The summed E-state index contributed by atoms with van der Waals surface area (Å²) >= 11 is 4.81. The van der Waals surface area contributed by atoms with Crippen LogP contribution in [-0.4, -0.2) is 17.6 Å². The number of aryl methyl sites for hydroxylation is 1. The quantitative estimate of drug-likeness (QED) is 0.249. The fourth-order valence-corrected chi connectivity index (χ4v) is 6.58. The van der Waals surface area contributed by atoms with E-state index in [0.29, 0.717) is 20.6 Å². The summed E-state index contributed by atoms with van der Waals surface area (Å²) in [7, 11) is 1.65. The first-order valence-corrected chi connectivity index (χ1v) is 13.8. The topological polar surface area (TPSA) is 69.9 Å². The molecule has 6 nitrogen and oxygen atoms in total. The Morgan fingerprint density at radius 3 is 2.68 bits per heavy atom. The first-order valence-electron chi connectivity index (χ1n) is 12.2. The summed E-state index contributed by atoms with van der Waals surface area (Å²) in [5, 5.41) is 0. The predicted molar refractivity (Wildman–Crippen MR) is 151 cm³/mol. The second-order valence-corrected chi connectivity index (χ2v) is 11.1. The average Bonchev–Trinajstić information content (AvgIpc) is 3.23. The Morgan fingerprint density at radius 1 is 1.08 bits per heavy atom. The van der Waals surface area contributed by atoms with Crippen molar-refractivity contribution in [2.45, 2.75) is 25.8 Å². The number of esters is 1. The third-order valence-corrected chi connectivity index (χ3v) is 8.29. The predicted octanol–water partition coefficient (Wildman–Crippen LogP) is 5.02. The largest absolute Gasteiger partial charge is 0.496 e. The van der Waals surface area contributed by atoms with Crippen LogP contribution < -0.4 is 24.4 Å². The number of thiazole rings is 1. The van der Waals surface area contributed by atoms with Crippen LogP contribution >= 0.6 is 27.3 Å². The van der Waals surface area contributed by atoms with Gasteiger partial charge in [0.25, 0.3) is 5.56 Å². The smallest absolute Gasteiger partial charge is 0.308 e. The molecule has 2 heterocycles. The van der Waals surface area contributed by atoms with E-state index in [1.54, 1.807) is 29.9 Å². The number of fused-ring (bicyclic) bond motifs is 3. The van der Waals surface area contributed by atoms with Crippen LogP contribution in [0.15, 0.2) is 86.6 Å². The average molecular weight is 587 g/mol. The van der Waals surface area contributed by atoms with Gasteiger partial charge in [-0.25, -0.2) is 4.99 Å². The molecular formula is C30H23BrN2O4S. The molecule has 0 saturated carbocycles. The Labute approximate surface area is 231 Å². The van der Waals surface area contributed by atoms with Gasteiger partial charge >= 0.3 is 5.97 Å².